The van der Waals surface area contributed by atoms with Crippen molar-refractivity contribution >= 4 is 22.6 Å². The second-order valence-corrected chi connectivity index (χ2v) is 4.48. The van der Waals surface area contributed by atoms with Crippen molar-refractivity contribution < 1.29 is 9.53 Å². The Bertz CT molecular complexity index is 311. The largest absolute Gasteiger partial charge is 0.383 e. The van der Waals surface area contributed by atoms with Crippen molar-refractivity contribution in [1.29, 1.82) is 0 Å². The van der Waals surface area contributed by atoms with Crippen LogP contribution in [0.4, 0.5) is 5.00 Å². The monoisotopic (exact) mass is 227 g/mol. The number of rotatable bonds is 6. The highest BCUT2D eigenvalue weighted by molar-refractivity contribution is 7.17. The molecular weight excluding hydrogens is 210 g/mol. The fourth-order valence-electron chi connectivity index (χ4n) is 1.58. The lowest BCUT2D eigenvalue weighted by molar-refractivity contribution is 0.112. The highest BCUT2D eigenvalue weighted by atomic mass is 32.1. The summed E-state index contributed by atoms with van der Waals surface area (Å²) in [7, 11) is 1.70. The van der Waals surface area contributed by atoms with E-state index in [-0.39, 0.29) is 0 Å². The van der Waals surface area contributed by atoms with Gasteiger partial charge in [-0.1, -0.05) is 0 Å². The zero-order chi connectivity index (χ0) is 11.3. The molecule has 0 bridgehead atoms. The Morgan fingerprint density at radius 1 is 1.60 bits per heavy atom. The Balaban J connectivity index is 2.77. The molecule has 0 radical (unpaired) electrons. The second kappa shape index (κ2) is 5.88. The number of methoxy groups -OCH3 is 1. The molecule has 84 valence electrons. The summed E-state index contributed by atoms with van der Waals surface area (Å²) in [6.07, 6.45) is 0.892. The van der Waals surface area contributed by atoms with Crippen LogP contribution in [0.25, 0.3) is 0 Å². The average molecular weight is 227 g/mol. The topological polar surface area (TPSA) is 29.5 Å². The number of likely N-dealkylation sites (N-methyl/N-ethyl adjacent to an activating group) is 1. The molecule has 0 spiro atoms. The lowest BCUT2D eigenvalue weighted by Gasteiger charge is -2.28. The summed E-state index contributed by atoms with van der Waals surface area (Å²) >= 11 is 1.52. The van der Waals surface area contributed by atoms with Gasteiger partial charge in [0, 0.05) is 13.7 Å². The van der Waals surface area contributed by atoms with Crippen LogP contribution >= 0.6 is 11.3 Å². The van der Waals surface area contributed by atoms with Crippen molar-refractivity contribution in [2.75, 3.05) is 25.2 Å². The van der Waals surface area contributed by atoms with Crippen LogP contribution in [0.1, 0.15) is 23.5 Å². The minimum Gasteiger partial charge on any atom is -0.383 e. The third-order valence-corrected chi connectivity index (χ3v) is 3.34. The maximum Gasteiger partial charge on any atom is 0.160 e. The maximum atomic E-state index is 10.6. The van der Waals surface area contributed by atoms with E-state index in [0.717, 1.165) is 22.7 Å². The Labute approximate surface area is 94.7 Å². The first kappa shape index (κ1) is 12.2. The SMILES string of the molecule is CCN(c1ccc(C=O)s1)C(C)COC. The number of ether oxygens (including phenoxy) is 1. The van der Waals surface area contributed by atoms with E-state index in [0.29, 0.717) is 12.6 Å². The first-order valence-corrected chi connectivity index (χ1v) is 5.85. The number of carbonyl (C=O) groups is 1. The molecule has 0 aliphatic heterocycles. The number of nitrogens with zero attached hydrogens (tertiary/aromatic N) is 1. The van der Waals surface area contributed by atoms with E-state index in [4.69, 9.17) is 4.74 Å². The molecule has 0 saturated carbocycles. The third kappa shape index (κ3) is 3.04. The van der Waals surface area contributed by atoms with Crippen molar-refractivity contribution in [2.45, 2.75) is 19.9 Å². The molecule has 1 aromatic rings. The van der Waals surface area contributed by atoms with Gasteiger partial charge in [0.25, 0.3) is 0 Å². The zero-order valence-electron chi connectivity index (χ0n) is 9.40. The van der Waals surface area contributed by atoms with Gasteiger partial charge >= 0.3 is 0 Å². The molecule has 0 amide bonds. The number of thiophene rings is 1. The van der Waals surface area contributed by atoms with Gasteiger partial charge in [-0.15, -0.1) is 11.3 Å². The van der Waals surface area contributed by atoms with E-state index >= 15 is 0 Å². The van der Waals surface area contributed by atoms with E-state index in [2.05, 4.69) is 18.7 Å². The fourth-order valence-corrected chi connectivity index (χ4v) is 2.56. The summed E-state index contributed by atoms with van der Waals surface area (Å²) in [6, 6.07) is 4.18. The van der Waals surface area contributed by atoms with Gasteiger partial charge in [-0.25, -0.2) is 0 Å². The predicted molar refractivity (Wildman–Crippen MR) is 64.1 cm³/mol. The van der Waals surface area contributed by atoms with Gasteiger partial charge < -0.3 is 9.64 Å². The molecule has 4 heteroatoms. The molecule has 0 saturated heterocycles. The van der Waals surface area contributed by atoms with Crippen LogP contribution in [0.3, 0.4) is 0 Å². The highest BCUT2D eigenvalue weighted by Gasteiger charge is 2.14. The summed E-state index contributed by atoms with van der Waals surface area (Å²) in [5.41, 5.74) is 0. The summed E-state index contributed by atoms with van der Waals surface area (Å²) in [6.45, 7) is 5.84. The molecule has 3 nitrogen and oxygen atoms in total. The molecule has 0 N–H and O–H groups in total. The summed E-state index contributed by atoms with van der Waals surface area (Å²) in [5, 5.41) is 1.13. The Hall–Kier alpha value is -0.870. The lowest BCUT2D eigenvalue weighted by Crippen LogP contribution is -2.35. The first-order chi connectivity index (χ1) is 7.22. The highest BCUT2D eigenvalue weighted by Crippen LogP contribution is 2.26. The Morgan fingerprint density at radius 3 is 2.80 bits per heavy atom. The van der Waals surface area contributed by atoms with Crippen LogP contribution in [-0.4, -0.2) is 32.6 Å². The standard InChI is InChI=1S/C11H17NO2S/c1-4-12(9(2)8-14-3)11-6-5-10(7-13)15-11/h5-7,9H,4,8H2,1-3H3. The van der Waals surface area contributed by atoms with Crippen molar-refractivity contribution in [2.24, 2.45) is 0 Å². The van der Waals surface area contributed by atoms with Gasteiger partial charge in [-0.05, 0) is 26.0 Å². The van der Waals surface area contributed by atoms with E-state index in [9.17, 15) is 4.79 Å². The predicted octanol–water partition coefficient (Wildman–Crippen LogP) is 2.42. The van der Waals surface area contributed by atoms with Crippen molar-refractivity contribution in [3.8, 4) is 0 Å². The van der Waals surface area contributed by atoms with Gasteiger partial charge in [0.05, 0.1) is 22.5 Å². The molecule has 0 fully saturated rings. The summed E-state index contributed by atoms with van der Waals surface area (Å²) in [5.74, 6) is 0. The number of hydrogen-bond donors (Lipinski definition) is 0. The van der Waals surface area contributed by atoms with Gasteiger partial charge in [0.2, 0.25) is 0 Å². The molecule has 1 aromatic heterocycles. The van der Waals surface area contributed by atoms with Gasteiger partial charge in [0.15, 0.2) is 6.29 Å². The van der Waals surface area contributed by atoms with Crippen LogP contribution in [0.5, 0.6) is 0 Å². The number of carbonyl (C=O) groups excluding carboxylic acids is 1. The van der Waals surface area contributed by atoms with Crippen LogP contribution in [0, 0.1) is 0 Å². The van der Waals surface area contributed by atoms with Crippen LogP contribution in [0.15, 0.2) is 12.1 Å². The maximum absolute atomic E-state index is 10.6. The first-order valence-electron chi connectivity index (χ1n) is 5.03. The minimum absolute atomic E-state index is 0.332. The summed E-state index contributed by atoms with van der Waals surface area (Å²) < 4.78 is 5.13. The molecule has 1 heterocycles. The van der Waals surface area contributed by atoms with Gasteiger partial charge in [0.1, 0.15) is 0 Å². The third-order valence-electron chi connectivity index (χ3n) is 2.29. The van der Waals surface area contributed by atoms with E-state index in [1.54, 1.807) is 7.11 Å². The number of hydrogen-bond acceptors (Lipinski definition) is 4. The summed E-state index contributed by atoms with van der Waals surface area (Å²) in [4.78, 5) is 13.6. The van der Waals surface area contributed by atoms with Gasteiger partial charge in [-0.2, -0.15) is 0 Å². The van der Waals surface area contributed by atoms with E-state index in [1.807, 2.05) is 12.1 Å². The van der Waals surface area contributed by atoms with Crippen LogP contribution in [-0.2, 0) is 4.74 Å². The molecule has 15 heavy (non-hydrogen) atoms. The smallest absolute Gasteiger partial charge is 0.160 e. The molecule has 0 aliphatic carbocycles. The Morgan fingerprint density at radius 2 is 2.33 bits per heavy atom. The fraction of sp³-hybridized carbons (Fsp3) is 0.545. The van der Waals surface area contributed by atoms with Crippen molar-refractivity contribution in [1.82, 2.24) is 0 Å². The number of anilines is 1. The Kier molecular flexibility index (Phi) is 4.78. The lowest BCUT2D eigenvalue weighted by atomic mass is 10.3. The molecule has 1 atom stereocenters. The van der Waals surface area contributed by atoms with E-state index < -0.39 is 0 Å². The van der Waals surface area contributed by atoms with Gasteiger partial charge in [-0.3, -0.25) is 4.79 Å². The number of aldehydes is 1. The van der Waals surface area contributed by atoms with E-state index in [1.165, 1.54) is 11.3 Å². The quantitative estimate of drug-likeness (QED) is 0.699. The second-order valence-electron chi connectivity index (χ2n) is 3.38. The van der Waals surface area contributed by atoms with Crippen molar-refractivity contribution in [3.63, 3.8) is 0 Å². The zero-order valence-corrected chi connectivity index (χ0v) is 10.2. The molecule has 1 unspecified atom stereocenters. The molecule has 1 rings (SSSR count). The minimum atomic E-state index is 0.332. The molecule has 0 aromatic carbocycles. The van der Waals surface area contributed by atoms with Crippen LogP contribution < -0.4 is 4.90 Å². The average Bonchev–Trinajstić information content (AvgIpc) is 2.68. The molecule has 0 aliphatic rings. The van der Waals surface area contributed by atoms with Crippen LogP contribution in [0.2, 0.25) is 0 Å². The molecular formula is C11H17NO2S. The normalized spacial score (nSPS) is 12.5. The van der Waals surface area contributed by atoms with Crippen molar-refractivity contribution in [3.05, 3.63) is 17.0 Å².